The standard InChI is InChI=1S/C25H21N5O4/c1-28(2)24-22(26-16-18-15-20(30(33)34)13-14-21(18)31)25(32)29(19-11-7-4-8-12-19)23(27-24)17-9-5-3-6-10-17/h3-16,31H,1-2H3. The lowest BCUT2D eigenvalue weighted by Crippen LogP contribution is -2.25. The van der Waals surface area contributed by atoms with E-state index < -0.39 is 10.5 Å². The second-order valence-corrected chi connectivity index (χ2v) is 7.60. The van der Waals surface area contributed by atoms with Crippen LogP contribution in [0, 0.1) is 10.1 Å². The van der Waals surface area contributed by atoms with E-state index in [-0.39, 0.29) is 22.7 Å². The van der Waals surface area contributed by atoms with E-state index in [1.807, 2.05) is 48.5 Å². The van der Waals surface area contributed by atoms with Crippen molar-refractivity contribution in [3.05, 3.63) is 105 Å². The summed E-state index contributed by atoms with van der Waals surface area (Å²) >= 11 is 0. The second-order valence-electron chi connectivity index (χ2n) is 7.60. The molecule has 0 spiro atoms. The minimum absolute atomic E-state index is 0.0273. The second kappa shape index (κ2) is 9.37. The zero-order chi connectivity index (χ0) is 24.2. The van der Waals surface area contributed by atoms with Gasteiger partial charge in [-0.2, -0.15) is 0 Å². The summed E-state index contributed by atoms with van der Waals surface area (Å²) in [7, 11) is 3.49. The summed E-state index contributed by atoms with van der Waals surface area (Å²) < 4.78 is 1.47. The fourth-order valence-electron chi connectivity index (χ4n) is 3.42. The van der Waals surface area contributed by atoms with Crippen LogP contribution in [0.3, 0.4) is 0 Å². The molecule has 0 amide bonds. The van der Waals surface area contributed by atoms with Gasteiger partial charge in [0, 0.05) is 43.6 Å². The van der Waals surface area contributed by atoms with Gasteiger partial charge in [0.15, 0.2) is 11.5 Å². The van der Waals surface area contributed by atoms with Crippen molar-refractivity contribution in [3.8, 4) is 22.8 Å². The Morgan fingerprint density at radius 1 is 1.03 bits per heavy atom. The van der Waals surface area contributed by atoms with Crippen LogP contribution in [-0.2, 0) is 0 Å². The first-order chi connectivity index (χ1) is 16.4. The van der Waals surface area contributed by atoms with Gasteiger partial charge in [-0.15, -0.1) is 0 Å². The zero-order valence-electron chi connectivity index (χ0n) is 18.5. The first kappa shape index (κ1) is 22.4. The van der Waals surface area contributed by atoms with Crippen LogP contribution in [0.1, 0.15) is 5.56 Å². The Kier molecular flexibility index (Phi) is 6.18. The first-order valence-electron chi connectivity index (χ1n) is 10.3. The van der Waals surface area contributed by atoms with Gasteiger partial charge in [-0.05, 0) is 18.2 Å². The van der Waals surface area contributed by atoms with Gasteiger partial charge < -0.3 is 10.0 Å². The van der Waals surface area contributed by atoms with Crippen molar-refractivity contribution in [3.63, 3.8) is 0 Å². The summed E-state index contributed by atoms with van der Waals surface area (Å²) in [6.07, 6.45) is 1.23. The van der Waals surface area contributed by atoms with Crippen LogP contribution in [0.2, 0.25) is 0 Å². The maximum absolute atomic E-state index is 13.8. The molecule has 0 bridgehead atoms. The van der Waals surface area contributed by atoms with Crippen molar-refractivity contribution < 1.29 is 10.0 Å². The molecule has 4 aromatic rings. The highest BCUT2D eigenvalue weighted by Gasteiger charge is 2.20. The topological polar surface area (TPSA) is 114 Å². The Balaban J connectivity index is 1.97. The molecule has 9 heteroatoms. The molecule has 170 valence electrons. The summed E-state index contributed by atoms with van der Waals surface area (Å²) in [4.78, 5) is 35.1. The largest absolute Gasteiger partial charge is 0.507 e. The van der Waals surface area contributed by atoms with E-state index in [4.69, 9.17) is 4.98 Å². The molecule has 0 fully saturated rings. The number of phenols is 1. The normalized spacial score (nSPS) is 11.0. The van der Waals surface area contributed by atoms with Gasteiger partial charge in [0.05, 0.1) is 10.6 Å². The Hall–Kier alpha value is -4.79. The molecule has 0 atom stereocenters. The van der Waals surface area contributed by atoms with Gasteiger partial charge in [-0.25, -0.2) is 9.98 Å². The number of aromatic hydroxyl groups is 1. The molecular formula is C25H21N5O4. The predicted octanol–water partition coefficient (Wildman–Crippen LogP) is 4.33. The average molecular weight is 455 g/mol. The van der Waals surface area contributed by atoms with E-state index in [2.05, 4.69) is 4.99 Å². The molecule has 0 unspecified atom stereocenters. The lowest BCUT2D eigenvalue weighted by atomic mass is 10.2. The van der Waals surface area contributed by atoms with Crippen LogP contribution >= 0.6 is 0 Å². The van der Waals surface area contributed by atoms with Gasteiger partial charge in [0.2, 0.25) is 0 Å². The first-order valence-corrected chi connectivity index (χ1v) is 10.3. The van der Waals surface area contributed by atoms with E-state index >= 15 is 0 Å². The van der Waals surface area contributed by atoms with Gasteiger partial charge in [-0.3, -0.25) is 19.5 Å². The summed E-state index contributed by atoms with van der Waals surface area (Å²) in [5.74, 6) is 0.563. The number of aromatic nitrogens is 2. The monoisotopic (exact) mass is 455 g/mol. The number of rotatable bonds is 6. The van der Waals surface area contributed by atoms with Crippen LogP contribution in [0.5, 0.6) is 5.75 Å². The lowest BCUT2D eigenvalue weighted by Gasteiger charge is -2.19. The number of para-hydroxylation sites is 1. The lowest BCUT2D eigenvalue weighted by molar-refractivity contribution is -0.384. The molecule has 4 rings (SSSR count). The molecule has 0 aliphatic heterocycles. The maximum atomic E-state index is 13.8. The van der Waals surface area contributed by atoms with Crippen molar-refractivity contribution in [1.82, 2.24) is 9.55 Å². The number of anilines is 1. The Morgan fingerprint density at radius 3 is 2.29 bits per heavy atom. The van der Waals surface area contributed by atoms with E-state index in [0.717, 1.165) is 5.56 Å². The van der Waals surface area contributed by atoms with Crippen LogP contribution in [0.4, 0.5) is 17.2 Å². The smallest absolute Gasteiger partial charge is 0.286 e. The number of non-ortho nitro benzene ring substituents is 1. The van der Waals surface area contributed by atoms with E-state index in [9.17, 15) is 20.0 Å². The number of benzene rings is 3. The van der Waals surface area contributed by atoms with Crippen LogP contribution in [0.15, 0.2) is 88.6 Å². The summed E-state index contributed by atoms with van der Waals surface area (Å²) in [6.45, 7) is 0. The van der Waals surface area contributed by atoms with Crippen molar-refractivity contribution >= 4 is 23.4 Å². The molecule has 0 saturated heterocycles. The molecule has 0 aliphatic rings. The molecule has 1 aromatic heterocycles. The molecule has 9 nitrogen and oxygen atoms in total. The number of phenolic OH excluding ortho intramolecular Hbond substituents is 1. The Morgan fingerprint density at radius 2 is 1.68 bits per heavy atom. The average Bonchev–Trinajstić information content (AvgIpc) is 2.84. The molecule has 1 N–H and O–H groups in total. The van der Waals surface area contributed by atoms with E-state index in [1.54, 1.807) is 31.1 Å². The predicted molar refractivity (Wildman–Crippen MR) is 132 cm³/mol. The zero-order valence-corrected chi connectivity index (χ0v) is 18.5. The number of hydrogen-bond donors (Lipinski definition) is 1. The van der Waals surface area contributed by atoms with Gasteiger partial charge in [-0.1, -0.05) is 48.5 Å². The SMILES string of the molecule is CN(C)c1nc(-c2ccccc2)n(-c2ccccc2)c(=O)c1N=Cc1cc([N+](=O)[O-])ccc1O. The maximum Gasteiger partial charge on any atom is 0.286 e. The van der Waals surface area contributed by atoms with Crippen molar-refractivity contribution in [2.75, 3.05) is 19.0 Å². The summed E-state index contributed by atoms with van der Waals surface area (Å²) in [5, 5.41) is 21.3. The third-order valence-corrected chi connectivity index (χ3v) is 5.07. The molecule has 0 radical (unpaired) electrons. The van der Waals surface area contributed by atoms with Crippen LogP contribution in [0.25, 0.3) is 17.1 Å². The number of nitro groups is 1. The van der Waals surface area contributed by atoms with E-state index in [1.165, 1.54) is 29.0 Å². The number of nitro benzene ring substituents is 1. The Labute approximate surface area is 195 Å². The minimum Gasteiger partial charge on any atom is -0.507 e. The molecule has 0 aliphatic carbocycles. The highest BCUT2D eigenvalue weighted by molar-refractivity contribution is 5.87. The molecular weight excluding hydrogens is 434 g/mol. The van der Waals surface area contributed by atoms with Crippen molar-refractivity contribution in [2.45, 2.75) is 0 Å². The van der Waals surface area contributed by atoms with Crippen LogP contribution < -0.4 is 10.5 Å². The third-order valence-electron chi connectivity index (χ3n) is 5.07. The Bertz CT molecular complexity index is 1430. The highest BCUT2D eigenvalue weighted by Crippen LogP contribution is 2.29. The number of aliphatic imine (C=N–C) groups is 1. The fourth-order valence-corrected chi connectivity index (χ4v) is 3.42. The third kappa shape index (κ3) is 4.40. The molecule has 0 saturated carbocycles. The van der Waals surface area contributed by atoms with Crippen molar-refractivity contribution in [1.29, 1.82) is 0 Å². The fraction of sp³-hybridized carbons (Fsp3) is 0.0800. The number of hydrogen-bond acceptors (Lipinski definition) is 7. The van der Waals surface area contributed by atoms with Gasteiger partial charge in [0.25, 0.3) is 11.2 Å². The molecule has 1 heterocycles. The quantitative estimate of drug-likeness (QED) is 0.263. The van der Waals surface area contributed by atoms with Gasteiger partial charge in [0.1, 0.15) is 11.6 Å². The van der Waals surface area contributed by atoms with E-state index in [0.29, 0.717) is 17.3 Å². The van der Waals surface area contributed by atoms with Crippen LogP contribution in [-0.4, -0.2) is 39.9 Å². The van der Waals surface area contributed by atoms with Crippen molar-refractivity contribution in [2.24, 2.45) is 4.99 Å². The minimum atomic E-state index is -0.569. The molecule has 3 aromatic carbocycles. The highest BCUT2D eigenvalue weighted by atomic mass is 16.6. The van der Waals surface area contributed by atoms with Gasteiger partial charge >= 0.3 is 0 Å². The summed E-state index contributed by atoms with van der Waals surface area (Å²) in [5.41, 5.74) is 0.865. The molecule has 34 heavy (non-hydrogen) atoms. The summed E-state index contributed by atoms with van der Waals surface area (Å²) in [6, 6.07) is 22.0. The number of nitrogens with zero attached hydrogens (tertiary/aromatic N) is 5.